The Kier molecular flexibility index (Phi) is 5.11. The molecule has 0 aromatic heterocycles. The molecule has 2 amide bonds. The minimum Gasteiger partial charge on any atom is -0.478 e. The van der Waals surface area contributed by atoms with Gasteiger partial charge in [0.15, 0.2) is 0 Å². The van der Waals surface area contributed by atoms with Crippen molar-refractivity contribution in [1.29, 1.82) is 0 Å². The normalized spacial score (nSPS) is 18.6. The molecule has 7 heteroatoms. The Morgan fingerprint density at radius 3 is 2.50 bits per heavy atom. The van der Waals surface area contributed by atoms with Gasteiger partial charge < -0.3 is 20.9 Å². The van der Waals surface area contributed by atoms with E-state index in [0.29, 0.717) is 19.6 Å². The average Bonchev–Trinajstić information content (AvgIpc) is 3.01. The molecular weight excluding hydrogens is 288 g/mol. The van der Waals surface area contributed by atoms with Gasteiger partial charge in [-0.2, -0.15) is 0 Å². The van der Waals surface area contributed by atoms with Crippen LogP contribution in [0, 0.1) is 5.92 Å². The van der Waals surface area contributed by atoms with E-state index in [-0.39, 0.29) is 23.8 Å². The van der Waals surface area contributed by atoms with Crippen LogP contribution in [0.1, 0.15) is 22.3 Å². The molecule has 0 radical (unpaired) electrons. The maximum Gasteiger partial charge on any atom is 0.335 e. The van der Waals surface area contributed by atoms with Crippen LogP contribution in [0.4, 0.5) is 0 Å². The van der Waals surface area contributed by atoms with Gasteiger partial charge in [0.25, 0.3) is 0 Å². The second kappa shape index (κ2) is 7.04. The molecule has 4 N–H and O–H groups in total. The molecule has 1 aliphatic rings. The lowest BCUT2D eigenvalue weighted by molar-refractivity contribution is -0.129. The van der Waals surface area contributed by atoms with Crippen molar-refractivity contribution < 1.29 is 24.2 Å². The molecule has 1 fully saturated rings. The fourth-order valence-corrected chi connectivity index (χ4v) is 2.27. The molecule has 1 aromatic carbocycles. The third-order valence-corrected chi connectivity index (χ3v) is 3.60. The number of carbonyl (C=O) groups is 3. The summed E-state index contributed by atoms with van der Waals surface area (Å²) in [4.78, 5) is 34.3. The van der Waals surface area contributed by atoms with E-state index in [1.807, 2.05) is 0 Å². The summed E-state index contributed by atoms with van der Waals surface area (Å²) in [5, 5.41) is 11.5. The lowest BCUT2D eigenvalue weighted by Gasteiger charge is -2.17. The van der Waals surface area contributed by atoms with E-state index in [1.54, 1.807) is 12.1 Å². The van der Waals surface area contributed by atoms with Gasteiger partial charge in [0, 0.05) is 13.0 Å². The molecule has 2 rings (SSSR count). The number of amides is 2. The molecule has 0 saturated carbocycles. The molecule has 1 heterocycles. The topological polar surface area (TPSA) is 119 Å². The first-order valence-electron chi connectivity index (χ1n) is 6.97. The number of hydrogen-bond donors (Lipinski definition) is 3. The molecule has 0 aliphatic carbocycles. The van der Waals surface area contributed by atoms with Gasteiger partial charge in [-0.3, -0.25) is 9.59 Å². The van der Waals surface area contributed by atoms with Crippen molar-refractivity contribution in [3.05, 3.63) is 35.4 Å². The van der Waals surface area contributed by atoms with Gasteiger partial charge in [0.05, 0.1) is 18.1 Å². The van der Waals surface area contributed by atoms with Crippen LogP contribution in [0.3, 0.4) is 0 Å². The zero-order valence-electron chi connectivity index (χ0n) is 12.0. The third-order valence-electron chi connectivity index (χ3n) is 3.60. The summed E-state index contributed by atoms with van der Waals surface area (Å²) in [7, 11) is 0. The second-order valence-corrected chi connectivity index (χ2v) is 5.23. The fraction of sp³-hybridized carbons (Fsp3) is 0.400. The van der Waals surface area contributed by atoms with E-state index in [4.69, 9.17) is 15.6 Å². The summed E-state index contributed by atoms with van der Waals surface area (Å²) >= 11 is 0. The van der Waals surface area contributed by atoms with Crippen LogP contribution in [0.25, 0.3) is 0 Å². The zero-order chi connectivity index (χ0) is 16.1. The van der Waals surface area contributed by atoms with E-state index in [9.17, 15) is 14.4 Å². The number of nitrogens with one attached hydrogen (secondary N) is 1. The van der Waals surface area contributed by atoms with Gasteiger partial charge in [0.2, 0.25) is 11.8 Å². The lowest BCUT2D eigenvalue weighted by Crippen LogP contribution is -2.48. The molecule has 0 bridgehead atoms. The fourth-order valence-electron chi connectivity index (χ4n) is 2.27. The van der Waals surface area contributed by atoms with E-state index >= 15 is 0 Å². The van der Waals surface area contributed by atoms with Gasteiger partial charge >= 0.3 is 5.97 Å². The standard InChI is InChI=1S/C15H18N2O5/c16-13(18)12(17-14(19)11-5-6-22-8-11)7-9-1-3-10(4-2-9)15(20)21/h1-4,11-12H,5-8H2,(H2,16,18)(H,17,19)(H,20,21)/t11-,12-/m0/s1. The predicted octanol–water partition coefficient (Wildman–Crippen LogP) is -0.0661. The van der Waals surface area contributed by atoms with Crippen molar-refractivity contribution in [3.63, 3.8) is 0 Å². The minimum atomic E-state index is -1.02. The highest BCUT2D eigenvalue weighted by atomic mass is 16.5. The lowest BCUT2D eigenvalue weighted by atomic mass is 10.0. The first kappa shape index (κ1) is 16.0. The number of carboxylic acid groups (broad SMARTS) is 1. The molecular formula is C15H18N2O5. The molecule has 2 atom stereocenters. The number of hydrogen-bond acceptors (Lipinski definition) is 4. The summed E-state index contributed by atoms with van der Waals surface area (Å²) < 4.78 is 5.14. The highest BCUT2D eigenvalue weighted by Crippen LogP contribution is 2.13. The zero-order valence-corrected chi connectivity index (χ0v) is 12.0. The molecule has 1 aromatic rings. The van der Waals surface area contributed by atoms with Crippen LogP contribution in [-0.4, -0.2) is 42.1 Å². The quantitative estimate of drug-likeness (QED) is 0.680. The van der Waals surface area contributed by atoms with E-state index < -0.39 is 17.9 Å². The molecule has 22 heavy (non-hydrogen) atoms. The Morgan fingerprint density at radius 2 is 2.00 bits per heavy atom. The first-order chi connectivity index (χ1) is 10.5. The number of aromatic carboxylic acids is 1. The Bertz CT molecular complexity index is 564. The number of ether oxygens (including phenoxy) is 1. The highest BCUT2D eigenvalue weighted by Gasteiger charge is 2.27. The van der Waals surface area contributed by atoms with Crippen molar-refractivity contribution in [2.45, 2.75) is 18.9 Å². The van der Waals surface area contributed by atoms with Crippen LogP contribution in [0.5, 0.6) is 0 Å². The molecule has 1 aliphatic heterocycles. The van der Waals surface area contributed by atoms with E-state index in [0.717, 1.165) is 5.56 Å². The Morgan fingerprint density at radius 1 is 1.32 bits per heavy atom. The van der Waals surface area contributed by atoms with Crippen molar-refractivity contribution in [1.82, 2.24) is 5.32 Å². The maximum absolute atomic E-state index is 12.0. The van der Waals surface area contributed by atoms with Crippen LogP contribution >= 0.6 is 0 Å². The summed E-state index contributed by atoms with van der Waals surface area (Å²) in [6.07, 6.45) is 0.846. The number of nitrogens with two attached hydrogens (primary N) is 1. The van der Waals surface area contributed by atoms with Crippen molar-refractivity contribution in [2.24, 2.45) is 11.7 Å². The highest BCUT2D eigenvalue weighted by molar-refractivity contribution is 5.88. The third kappa shape index (κ3) is 4.05. The number of carbonyl (C=O) groups excluding carboxylic acids is 2. The van der Waals surface area contributed by atoms with Crippen molar-refractivity contribution >= 4 is 17.8 Å². The Labute approximate surface area is 127 Å². The Hall–Kier alpha value is -2.41. The summed E-state index contributed by atoms with van der Waals surface area (Å²) in [5.41, 5.74) is 6.21. The van der Waals surface area contributed by atoms with Crippen LogP contribution in [0.2, 0.25) is 0 Å². The van der Waals surface area contributed by atoms with Crippen LogP contribution in [0.15, 0.2) is 24.3 Å². The molecule has 1 saturated heterocycles. The molecule has 7 nitrogen and oxygen atoms in total. The number of carboxylic acids is 1. The molecule has 118 valence electrons. The van der Waals surface area contributed by atoms with Gasteiger partial charge in [-0.15, -0.1) is 0 Å². The van der Waals surface area contributed by atoms with E-state index in [2.05, 4.69) is 5.32 Å². The summed E-state index contributed by atoms with van der Waals surface area (Å²) in [5.74, 6) is -2.15. The predicted molar refractivity (Wildman–Crippen MR) is 77.2 cm³/mol. The van der Waals surface area contributed by atoms with Gasteiger partial charge in [0.1, 0.15) is 6.04 Å². The minimum absolute atomic E-state index is 0.159. The number of rotatable bonds is 6. The Balaban J connectivity index is 2.00. The van der Waals surface area contributed by atoms with Crippen molar-refractivity contribution in [3.8, 4) is 0 Å². The molecule has 0 unspecified atom stereocenters. The number of primary amides is 1. The largest absolute Gasteiger partial charge is 0.478 e. The summed E-state index contributed by atoms with van der Waals surface area (Å²) in [6, 6.07) is 5.27. The number of benzene rings is 1. The first-order valence-corrected chi connectivity index (χ1v) is 6.97. The van der Waals surface area contributed by atoms with Crippen LogP contribution in [-0.2, 0) is 20.7 Å². The van der Waals surface area contributed by atoms with Crippen LogP contribution < -0.4 is 11.1 Å². The maximum atomic E-state index is 12.0. The van der Waals surface area contributed by atoms with Gasteiger partial charge in [-0.05, 0) is 24.1 Å². The smallest absolute Gasteiger partial charge is 0.335 e. The SMILES string of the molecule is NC(=O)[C@H](Cc1ccc(C(=O)O)cc1)NC(=O)[C@H]1CCOC1. The van der Waals surface area contributed by atoms with E-state index in [1.165, 1.54) is 12.1 Å². The monoisotopic (exact) mass is 306 g/mol. The van der Waals surface area contributed by atoms with Gasteiger partial charge in [-0.25, -0.2) is 4.79 Å². The summed E-state index contributed by atoms with van der Waals surface area (Å²) in [6.45, 7) is 0.889. The van der Waals surface area contributed by atoms with Crippen molar-refractivity contribution in [2.75, 3.05) is 13.2 Å². The van der Waals surface area contributed by atoms with Gasteiger partial charge in [-0.1, -0.05) is 12.1 Å². The molecule has 0 spiro atoms. The average molecular weight is 306 g/mol. The second-order valence-electron chi connectivity index (χ2n) is 5.23.